The van der Waals surface area contributed by atoms with Gasteiger partial charge in [-0.15, -0.1) is 0 Å². The van der Waals surface area contributed by atoms with E-state index in [0.717, 1.165) is 5.56 Å². The van der Waals surface area contributed by atoms with Crippen molar-refractivity contribution in [2.45, 2.75) is 23.9 Å². The fourth-order valence-corrected chi connectivity index (χ4v) is 3.19. The third kappa shape index (κ3) is 3.76. The number of hydrogen-bond donors (Lipinski definition) is 2. The van der Waals surface area contributed by atoms with E-state index in [4.69, 9.17) is 5.14 Å². The van der Waals surface area contributed by atoms with Crippen molar-refractivity contribution in [1.82, 2.24) is 5.32 Å². The lowest BCUT2D eigenvalue weighted by molar-refractivity contribution is -0.121. The van der Waals surface area contributed by atoms with E-state index in [2.05, 4.69) is 5.32 Å². The van der Waals surface area contributed by atoms with E-state index in [1.807, 2.05) is 6.07 Å². The van der Waals surface area contributed by atoms with E-state index >= 15 is 0 Å². The van der Waals surface area contributed by atoms with Gasteiger partial charge in [0.1, 0.15) is 0 Å². The lowest BCUT2D eigenvalue weighted by Gasteiger charge is -2.15. The molecular formula is C17H17N3O4S. The Labute approximate surface area is 145 Å². The molecule has 3 rings (SSSR count). The number of para-hydroxylation sites is 1. The highest BCUT2D eigenvalue weighted by Crippen LogP contribution is 2.22. The zero-order valence-corrected chi connectivity index (χ0v) is 14.1. The Morgan fingerprint density at radius 2 is 1.68 bits per heavy atom. The summed E-state index contributed by atoms with van der Waals surface area (Å²) in [5, 5.41) is 8.10. The zero-order chi connectivity index (χ0) is 18.0. The first-order valence-corrected chi connectivity index (χ1v) is 9.18. The van der Waals surface area contributed by atoms with Crippen LogP contribution in [-0.4, -0.2) is 26.3 Å². The van der Waals surface area contributed by atoms with Gasteiger partial charge in [0.2, 0.25) is 15.9 Å². The highest BCUT2D eigenvalue weighted by molar-refractivity contribution is 7.89. The van der Waals surface area contributed by atoms with Gasteiger partial charge in [0, 0.05) is 6.54 Å². The first-order chi connectivity index (χ1) is 11.9. The molecule has 130 valence electrons. The van der Waals surface area contributed by atoms with E-state index < -0.39 is 16.1 Å². The number of benzene rings is 2. The summed E-state index contributed by atoms with van der Waals surface area (Å²) in [4.78, 5) is 25.8. The summed E-state index contributed by atoms with van der Waals surface area (Å²) in [5.74, 6) is -0.546. The van der Waals surface area contributed by atoms with Crippen LogP contribution in [0.15, 0.2) is 59.5 Å². The van der Waals surface area contributed by atoms with Gasteiger partial charge in [-0.2, -0.15) is 0 Å². The fourth-order valence-electron chi connectivity index (χ4n) is 2.68. The van der Waals surface area contributed by atoms with Crippen LogP contribution in [0.2, 0.25) is 0 Å². The van der Waals surface area contributed by atoms with Crippen LogP contribution < -0.4 is 15.4 Å². The number of rotatable bonds is 5. The van der Waals surface area contributed by atoms with E-state index in [-0.39, 0.29) is 23.1 Å². The maximum atomic E-state index is 12.5. The summed E-state index contributed by atoms with van der Waals surface area (Å²) in [6.07, 6.45) is 0.0863. The largest absolute Gasteiger partial charge is 0.301 e. The highest BCUT2D eigenvalue weighted by atomic mass is 32.2. The second-order valence-corrected chi connectivity index (χ2v) is 7.29. The minimum atomic E-state index is -3.73. The highest BCUT2D eigenvalue weighted by Gasteiger charge is 2.39. The smallest absolute Gasteiger partial charge is 0.251 e. The summed E-state index contributed by atoms with van der Waals surface area (Å²) < 4.78 is 22.5. The predicted molar refractivity (Wildman–Crippen MR) is 92.0 cm³/mol. The Balaban J connectivity index is 1.66. The average Bonchev–Trinajstić information content (AvgIpc) is 2.87. The fraction of sp³-hybridized carbons (Fsp3) is 0.176. The van der Waals surface area contributed by atoms with Gasteiger partial charge in [-0.05, 0) is 29.8 Å². The molecule has 7 nitrogen and oxygen atoms in total. The van der Waals surface area contributed by atoms with Crippen LogP contribution in [0.25, 0.3) is 0 Å². The van der Waals surface area contributed by atoms with E-state index in [1.54, 1.807) is 36.4 Å². The summed E-state index contributed by atoms with van der Waals surface area (Å²) in [5.41, 5.74) is 1.34. The van der Waals surface area contributed by atoms with Gasteiger partial charge < -0.3 is 5.32 Å². The van der Waals surface area contributed by atoms with Crippen molar-refractivity contribution >= 4 is 27.5 Å². The van der Waals surface area contributed by atoms with Crippen molar-refractivity contribution in [2.75, 3.05) is 4.90 Å². The number of carbonyl (C=O) groups excluding carboxylic acids is 2. The van der Waals surface area contributed by atoms with E-state index in [1.165, 1.54) is 17.0 Å². The minimum absolute atomic E-state index is 0.0265. The van der Waals surface area contributed by atoms with Crippen molar-refractivity contribution in [3.8, 4) is 0 Å². The molecule has 0 radical (unpaired) electrons. The second-order valence-electron chi connectivity index (χ2n) is 5.73. The molecule has 0 unspecified atom stereocenters. The Hall–Kier alpha value is -2.55. The predicted octanol–water partition coefficient (Wildman–Crippen LogP) is 0.756. The van der Waals surface area contributed by atoms with Gasteiger partial charge in [0.05, 0.1) is 23.0 Å². The van der Waals surface area contributed by atoms with Crippen molar-refractivity contribution in [2.24, 2.45) is 5.14 Å². The van der Waals surface area contributed by atoms with Crippen LogP contribution in [0.5, 0.6) is 0 Å². The number of imide groups is 1. The normalized spacial score (nSPS) is 18.0. The van der Waals surface area contributed by atoms with Gasteiger partial charge in [-0.3, -0.25) is 9.59 Å². The molecule has 8 heteroatoms. The first kappa shape index (κ1) is 17.3. The molecule has 1 aliphatic heterocycles. The number of nitrogens with zero attached hydrogens (tertiary/aromatic N) is 1. The van der Waals surface area contributed by atoms with Crippen molar-refractivity contribution in [1.29, 1.82) is 0 Å². The number of carbonyl (C=O) groups is 2. The van der Waals surface area contributed by atoms with Crippen LogP contribution in [-0.2, 0) is 26.2 Å². The lowest BCUT2D eigenvalue weighted by atomic mass is 10.2. The third-order valence-corrected chi connectivity index (χ3v) is 4.89. The number of sulfonamides is 1. The number of amides is 2. The molecule has 25 heavy (non-hydrogen) atoms. The summed E-state index contributed by atoms with van der Waals surface area (Å²) in [7, 11) is -3.73. The molecule has 1 fully saturated rings. The van der Waals surface area contributed by atoms with Gasteiger partial charge >= 0.3 is 0 Å². The molecule has 0 aromatic heterocycles. The molecule has 0 aliphatic carbocycles. The summed E-state index contributed by atoms with van der Waals surface area (Å²) in [6.45, 7) is 0.331. The molecule has 0 saturated carbocycles. The van der Waals surface area contributed by atoms with Gasteiger partial charge in [0.15, 0.2) is 0 Å². The molecular weight excluding hydrogens is 342 g/mol. The average molecular weight is 359 g/mol. The molecule has 0 spiro atoms. The summed E-state index contributed by atoms with van der Waals surface area (Å²) >= 11 is 0. The number of nitrogens with one attached hydrogen (secondary N) is 1. The molecule has 0 bridgehead atoms. The standard InChI is InChI=1S/C17H17N3O4S/c18-25(23,24)14-8-6-12(7-9-14)11-19-15-10-16(21)20(17(15)22)13-4-2-1-3-5-13/h1-9,15,19H,10-11H2,(H2,18,23,24)/t15-/m1/s1. The van der Waals surface area contributed by atoms with Crippen LogP contribution in [0.4, 0.5) is 5.69 Å². The van der Waals surface area contributed by atoms with Crippen LogP contribution >= 0.6 is 0 Å². The molecule has 1 atom stereocenters. The molecule has 1 saturated heterocycles. The molecule has 2 aromatic carbocycles. The number of primary sulfonamides is 1. The van der Waals surface area contributed by atoms with Crippen LogP contribution in [0.1, 0.15) is 12.0 Å². The Bertz CT molecular complexity index is 895. The quantitative estimate of drug-likeness (QED) is 0.766. The SMILES string of the molecule is NS(=O)(=O)c1ccc(CN[C@@H]2CC(=O)N(c3ccccc3)C2=O)cc1. The van der Waals surface area contributed by atoms with Crippen molar-refractivity contribution in [3.63, 3.8) is 0 Å². The lowest BCUT2D eigenvalue weighted by Crippen LogP contribution is -2.38. The minimum Gasteiger partial charge on any atom is -0.301 e. The molecule has 2 amide bonds. The first-order valence-electron chi connectivity index (χ1n) is 7.63. The maximum Gasteiger partial charge on any atom is 0.251 e. The van der Waals surface area contributed by atoms with E-state index in [9.17, 15) is 18.0 Å². The maximum absolute atomic E-state index is 12.5. The Morgan fingerprint density at radius 3 is 2.28 bits per heavy atom. The van der Waals surface area contributed by atoms with Crippen LogP contribution in [0.3, 0.4) is 0 Å². The molecule has 2 aromatic rings. The number of hydrogen-bond acceptors (Lipinski definition) is 5. The van der Waals surface area contributed by atoms with Crippen molar-refractivity contribution < 1.29 is 18.0 Å². The topological polar surface area (TPSA) is 110 Å². The molecule has 3 N–H and O–H groups in total. The Morgan fingerprint density at radius 1 is 1.04 bits per heavy atom. The molecule has 1 aliphatic rings. The third-order valence-electron chi connectivity index (χ3n) is 3.97. The second kappa shape index (κ2) is 6.75. The zero-order valence-electron chi connectivity index (χ0n) is 13.3. The van der Waals surface area contributed by atoms with Gasteiger partial charge in [-0.1, -0.05) is 30.3 Å². The number of anilines is 1. The molecule has 1 heterocycles. The van der Waals surface area contributed by atoms with Crippen LogP contribution in [0, 0.1) is 0 Å². The van der Waals surface area contributed by atoms with E-state index in [0.29, 0.717) is 12.2 Å². The van der Waals surface area contributed by atoms with Crippen molar-refractivity contribution in [3.05, 3.63) is 60.2 Å². The summed E-state index contributed by atoms with van der Waals surface area (Å²) in [6, 6.07) is 14.2. The Kier molecular flexibility index (Phi) is 4.67. The number of nitrogens with two attached hydrogens (primary N) is 1. The monoisotopic (exact) mass is 359 g/mol. The van der Waals surface area contributed by atoms with Gasteiger partial charge in [-0.25, -0.2) is 18.5 Å². The van der Waals surface area contributed by atoms with Gasteiger partial charge in [0.25, 0.3) is 5.91 Å².